The number of rotatable bonds is 7. The lowest BCUT2D eigenvalue weighted by atomic mass is 10.1. The molecule has 1 fully saturated rings. The molecule has 2 aromatic carbocycles. The molecule has 0 bridgehead atoms. The topological polar surface area (TPSA) is 101 Å². The van der Waals surface area contributed by atoms with Crippen LogP contribution >= 0.6 is 11.6 Å². The minimum absolute atomic E-state index is 0.186. The number of ether oxygens (including phenoxy) is 1. The highest BCUT2D eigenvalue weighted by Crippen LogP contribution is 2.27. The summed E-state index contributed by atoms with van der Waals surface area (Å²) in [7, 11) is 1.70. The Morgan fingerprint density at radius 3 is 2.55 bits per heavy atom. The Kier molecular flexibility index (Phi) is 7.26. The van der Waals surface area contributed by atoms with E-state index in [0.29, 0.717) is 10.8 Å². The summed E-state index contributed by atoms with van der Waals surface area (Å²) in [6, 6.07) is 15.1. The fourth-order valence-electron chi connectivity index (χ4n) is 3.79. The SMILES string of the molecule is COc1ccc(Nc2cc(C)nc(/N=C(\N)Nc3ccc(Cl)cc3)n2)cc1CN1CCCC1. The summed E-state index contributed by atoms with van der Waals surface area (Å²) in [5.74, 6) is 1.98. The molecule has 1 aliphatic rings. The van der Waals surface area contributed by atoms with Gasteiger partial charge < -0.3 is 21.1 Å². The Labute approximate surface area is 198 Å². The van der Waals surface area contributed by atoms with Gasteiger partial charge in [0.25, 0.3) is 5.95 Å². The van der Waals surface area contributed by atoms with Crippen molar-refractivity contribution in [3.63, 3.8) is 0 Å². The number of aryl methyl sites for hydroxylation is 1. The zero-order chi connectivity index (χ0) is 23.2. The fraction of sp³-hybridized carbons (Fsp3) is 0.292. The molecule has 1 aromatic heterocycles. The first-order chi connectivity index (χ1) is 16.0. The van der Waals surface area contributed by atoms with Crippen molar-refractivity contribution >= 4 is 40.7 Å². The first-order valence-electron chi connectivity index (χ1n) is 10.9. The molecule has 0 unspecified atom stereocenters. The largest absolute Gasteiger partial charge is 0.496 e. The van der Waals surface area contributed by atoms with Crippen molar-refractivity contribution in [3.8, 4) is 5.75 Å². The van der Waals surface area contributed by atoms with E-state index >= 15 is 0 Å². The van der Waals surface area contributed by atoms with Gasteiger partial charge in [0.05, 0.1) is 7.11 Å². The van der Waals surface area contributed by atoms with Gasteiger partial charge >= 0.3 is 0 Å². The average Bonchev–Trinajstić information content (AvgIpc) is 3.28. The van der Waals surface area contributed by atoms with Crippen molar-refractivity contribution in [1.82, 2.24) is 14.9 Å². The number of halogens is 1. The van der Waals surface area contributed by atoms with Crippen molar-refractivity contribution in [3.05, 3.63) is 64.8 Å². The molecule has 8 nitrogen and oxygen atoms in total. The number of nitrogens with one attached hydrogen (secondary N) is 2. The van der Waals surface area contributed by atoms with Crippen molar-refractivity contribution in [2.24, 2.45) is 10.7 Å². The lowest BCUT2D eigenvalue weighted by molar-refractivity contribution is 0.321. The number of aliphatic imine (C=N–C) groups is 1. The van der Waals surface area contributed by atoms with E-state index < -0.39 is 0 Å². The monoisotopic (exact) mass is 465 g/mol. The molecule has 0 spiro atoms. The number of aromatic nitrogens is 2. The number of methoxy groups -OCH3 is 1. The summed E-state index contributed by atoms with van der Waals surface area (Å²) in [5.41, 5.74) is 9.66. The minimum atomic E-state index is 0.186. The number of benzene rings is 2. The van der Waals surface area contributed by atoms with Crippen LogP contribution in [0.4, 0.5) is 23.1 Å². The molecular weight excluding hydrogens is 438 g/mol. The quantitative estimate of drug-likeness (QED) is 0.339. The van der Waals surface area contributed by atoms with Crippen LogP contribution in [0.2, 0.25) is 5.02 Å². The Balaban J connectivity index is 1.51. The third kappa shape index (κ3) is 6.34. The predicted molar refractivity (Wildman–Crippen MR) is 134 cm³/mol. The minimum Gasteiger partial charge on any atom is -0.496 e. The molecule has 0 saturated carbocycles. The van der Waals surface area contributed by atoms with Crippen molar-refractivity contribution < 1.29 is 4.74 Å². The summed E-state index contributed by atoms with van der Waals surface area (Å²) in [6.07, 6.45) is 2.50. The normalized spacial score (nSPS) is 14.3. The lowest BCUT2D eigenvalue weighted by Gasteiger charge is -2.18. The molecule has 4 N–H and O–H groups in total. The van der Waals surface area contributed by atoms with E-state index in [2.05, 4.69) is 36.6 Å². The van der Waals surface area contributed by atoms with Gasteiger partial charge in [-0.25, -0.2) is 4.98 Å². The molecule has 4 rings (SSSR count). The second kappa shape index (κ2) is 10.5. The molecule has 0 amide bonds. The number of nitrogens with two attached hydrogens (primary N) is 1. The number of hydrogen-bond donors (Lipinski definition) is 3. The van der Waals surface area contributed by atoms with E-state index in [1.807, 2.05) is 37.3 Å². The Bertz CT molecular complexity index is 1130. The average molecular weight is 466 g/mol. The predicted octanol–water partition coefficient (Wildman–Crippen LogP) is 4.84. The van der Waals surface area contributed by atoms with Crippen molar-refractivity contribution in [2.45, 2.75) is 26.3 Å². The van der Waals surface area contributed by atoms with Crippen LogP contribution in [-0.4, -0.2) is 41.0 Å². The van der Waals surface area contributed by atoms with E-state index in [1.165, 1.54) is 12.8 Å². The van der Waals surface area contributed by atoms with Gasteiger partial charge in [-0.15, -0.1) is 0 Å². The van der Waals surface area contributed by atoms with Gasteiger partial charge in [0.2, 0.25) is 5.96 Å². The second-order valence-electron chi connectivity index (χ2n) is 7.96. The van der Waals surface area contributed by atoms with Crippen LogP contribution < -0.4 is 21.1 Å². The molecule has 0 aliphatic carbocycles. The van der Waals surface area contributed by atoms with E-state index in [4.69, 9.17) is 22.1 Å². The second-order valence-corrected chi connectivity index (χ2v) is 8.39. The van der Waals surface area contributed by atoms with Crippen LogP contribution in [-0.2, 0) is 6.54 Å². The summed E-state index contributed by atoms with van der Waals surface area (Å²) >= 11 is 5.92. The van der Waals surface area contributed by atoms with Gasteiger partial charge in [-0.2, -0.15) is 9.98 Å². The summed E-state index contributed by atoms with van der Waals surface area (Å²) in [5, 5.41) is 7.02. The van der Waals surface area contributed by atoms with Crippen LogP contribution in [0.5, 0.6) is 5.75 Å². The maximum atomic E-state index is 6.05. The lowest BCUT2D eigenvalue weighted by Crippen LogP contribution is -2.22. The van der Waals surface area contributed by atoms with Crippen LogP contribution in [0.1, 0.15) is 24.1 Å². The molecule has 3 aromatic rings. The number of guanidine groups is 1. The first kappa shape index (κ1) is 22.8. The Hall–Kier alpha value is -3.36. The molecule has 2 heterocycles. The highest BCUT2D eigenvalue weighted by Gasteiger charge is 2.15. The third-order valence-corrected chi connectivity index (χ3v) is 5.58. The first-order valence-corrected chi connectivity index (χ1v) is 11.2. The standard InChI is InChI=1S/C24H28ClN7O/c1-16-13-22(30-24(27-16)31-23(26)29-19-7-5-18(25)6-8-19)28-20-9-10-21(33-2)17(14-20)15-32-11-3-4-12-32/h5-10,13-14H,3-4,11-12,15H2,1-2H3,(H4,26,27,28,29,30,31). The molecule has 0 radical (unpaired) electrons. The van der Waals surface area contributed by atoms with Gasteiger partial charge in [-0.05, 0) is 75.3 Å². The smallest absolute Gasteiger partial charge is 0.254 e. The number of anilines is 3. The summed E-state index contributed by atoms with van der Waals surface area (Å²) in [6.45, 7) is 5.00. The number of hydrogen-bond acceptors (Lipinski definition) is 6. The van der Waals surface area contributed by atoms with Crippen LogP contribution in [0.3, 0.4) is 0 Å². The van der Waals surface area contributed by atoms with Crippen LogP contribution in [0.15, 0.2) is 53.5 Å². The van der Waals surface area contributed by atoms with Crippen LogP contribution in [0, 0.1) is 6.92 Å². The van der Waals surface area contributed by atoms with Gasteiger partial charge in [-0.3, -0.25) is 4.90 Å². The summed E-state index contributed by atoms with van der Waals surface area (Å²) < 4.78 is 5.57. The molecule has 33 heavy (non-hydrogen) atoms. The van der Waals surface area contributed by atoms with Gasteiger partial charge in [0.1, 0.15) is 11.6 Å². The molecular formula is C24H28ClN7O. The van der Waals surface area contributed by atoms with E-state index in [-0.39, 0.29) is 11.9 Å². The molecule has 172 valence electrons. The molecule has 0 atom stereocenters. The maximum absolute atomic E-state index is 6.05. The summed E-state index contributed by atoms with van der Waals surface area (Å²) in [4.78, 5) is 15.6. The highest BCUT2D eigenvalue weighted by atomic mass is 35.5. The van der Waals surface area contributed by atoms with Crippen molar-refractivity contribution in [2.75, 3.05) is 30.8 Å². The van der Waals surface area contributed by atoms with E-state index in [9.17, 15) is 0 Å². The molecule has 9 heteroatoms. The zero-order valence-electron chi connectivity index (χ0n) is 18.8. The van der Waals surface area contributed by atoms with Gasteiger partial charge in [-0.1, -0.05) is 11.6 Å². The van der Waals surface area contributed by atoms with Crippen LogP contribution in [0.25, 0.3) is 0 Å². The van der Waals surface area contributed by atoms with E-state index in [0.717, 1.165) is 48.0 Å². The molecule has 1 aliphatic heterocycles. The Morgan fingerprint density at radius 2 is 1.82 bits per heavy atom. The number of likely N-dealkylation sites (tertiary alicyclic amines) is 1. The van der Waals surface area contributed by atoms with Gasteiger partial charge in [0.15, 0.2) is 0 Å². The third-order valence-electron chi connectivity index (χ3n) is 5.32. The molecule has 1 saturated heterocycles. The fourth-order valence-corrected chi connectivity index (χ4v) is 3.92. The highest BCUT2D eigenvalue weighted by molar-refractivity contribution is 6.30. The van der Waals surface area contributed by atoms with Crippen molar-refractivity contribution in [1.29, 1.82) is 0 Å². The maximum Gasteiger partial charge on any atom is 0.254 e. The van der Waals surface area contributed by atoms with Gasteiger partial charge in [0, 0.05) is 40.3 Å². The zero-order valence-corrected chi connectivity index (χ0v) is 19.6. The number of nitrogens with zero attached hydrogens (tertiary/aromatic N) is 4. The van der Waals surface area contributed by atoms with E-state index in [1.54, 1.807) is 19.2 Å². The Morgan fingerprint density at radius 1 is 1.09 bits per heavy atom.